The lowest BCUT2D eigenvalue weighted by Gasteiger charge is -2.20. The quantitative estimate of drug-likeness (QED) is 0.662. The summed E-state index contributed by atoms with van der Waals surface area (Å²) in [6, 6.07) is -0.944. The highest BCUT2D eigenvalue weighted by Crippen LogP contribution is 2.37. The van der Waals surface area contributed by atoms with E-state index < -0.39 is 12.0 Å². The van der Waals surface area contributed by atoms with E-state index in [0.29, 0.717) is 18.3 Å². The van der Waals surface area contributed by atoms with Gasteiger partial charge in [0.2, 0.25) is 5.91 Å². The molecule has 1 saturated heterocycles. The standard InChI is InChI=1S/C12H20N2O3/c1-2-9(12(16)17)14-11(15)10-8-5-3-4-7(8)6-13-10/h7-10,13H,2-6H2,1H3,(H,14,15)(H,16,17)/t7?,8?,9-,10?/m1/s1. The van der Waals surface area contributed by atoms with Crippen molar-refractivity contribution in [2.24, 2.45) is 11.8 Å². The molecule has 2 fully saturated rings. The molecule has 2 rings (SSSR count). The summed E-state index contributed by atoms with van der Waals surface area (Å²) in [6.07, 6.45) is 3.88. The minimum atomic E-state index is -0.957. The predicted molar refractivity (Wildman–Crippen MR) is 62.5 cm³/mol. The van der Waals surface area contributed by atoms with Gasteiger partial charge in [0.05, 0.1) is 6.04 Å². The Morgan fingerprint density at radius 1 is 1.47 bits per heavy atom. The smallest absolute Gasteiger partial charge is 0.326 e. The van der Waals surface area contributed by atoms with E-state index >= 15 is 0 Å². The molecule has 5 nitrogen and oxygen atoms in total. The van der Waals surface area contributed by atoms with Crippen LogP contribution in [0.25, 0.3) is 0 Å². The van der Waals surface area contributed by atoms with Gasteiger partial charge in [-0.3, -0.25) is 4.79 Å². The molecule has 4 atom stereocenters. The van der Waals surface area contributed by atoms with Crippen LogP contribution in [0.2, 0.25) is 0 Å². The Hall–Kier alpha value is -1.10. The molecule has 0 aromatic heterocycles. The average molecular weight is 240 g/mol. The Morgan fingerprint density at radius 2 is 2.24 bits per heavy atom. The van der Waals surface area contributed by atoms with Gasteiger partial charge in [0.25, 0.3) is 0 Å². The van der Waals surface area contributed by atoms with Gasteiger partial charge in [-0.05, 0) is 37.6 Å². The largest absolute Gasteiger partial charge is 0.480 e. The first-order valence-electron chi connectivity index (χ1n) is 6.40. The van der Waals surface area contributed by atoms with Gasteiger partial charge < -0.3 is 15.7 Å². The van der Waals surface area contributed by atoms with Crippen LogP contribution in [0.15, 0.2) is 0 Å². The van der Waals surface area contributed by atoms with Gasteiger partial charge in [-0.1, -0.05) is 13.3 Å². The molecule has 17 heavy (non-hydrogen) atoms. The highest BCUT2D eigenvalue weighted by molar-refractivity contribution is 5.87. The van der Waals surface area contributed by atoms with Crippen LogP contribution < -0.4 is 10.6 Å². The zero-order valence-corrected chi connectivity index (χ0v) is 10.1. The number of hydrogen-bond donors (Lipinski definition) is 3. The first-order valence-corrected chi connectivity index (χ1v) is 6.40. The number of carbonyl (C=O) groups excluding carboxylic acids is 1. The van der Waals surface area contributed by atoms with E-state index in [1.807, 2.05) is 0 Å². The van der Waals surface area contributed by atoms with Gasteiger partial charge in [-0.25, -0.2) is 4.79 Å². The number of carboxylic acid groups (broad SMARTS) is 1. The van der Waals surface area contributed by atoms with Crippen LogP contribution in [0, 0.1) is 11.8 Å². The zero-order chi connectivity index (χ0) is 12.4. The van der Waals surface area contributed by atoms with Gasteiger partial charge in [-0.15, -0.1) is 0 Å². The van der Waals surface area contributed by atoms with Crippen molar-refractivity contribution in [1.29, 1.82) is 0 Å². The van der Waals surface area contributed by atoms with Gasteiger partial charge in [0.15, 0.2) is 0 Å². The summed E-state index contributed by atoms with van der Waals surface area (Å²) in [5, 5.41) is 14.8. The summed E-state index contributed by atoms with van der Waals surface area (Å²) in [6.45, 7) is 2.66. The molecule has 0 spiro atoms. The molecule has 1 heterocycles. The third kappa shape index (κ3) is 2.44. The molecule has 1 aliphatic carbocycles. The van der Waals surface area contributed by atoms with E-state index in [1.165, 1.54) is 12.8 Å². The molecule has 2 aliphatic rings. The fourth-order valence-corrected chi connectivity index (χ4v) is 3.07. The number of fused-ring (bicyclic) bond motifs is 1. The van der Waals surface area contributed by atoms with E-state index in [1.54, 1.807) is 6.92 Å². The van der Waals surface area contributed by atoms with Crippen LogP contribution in [-0.4, -0.2) is 35.6 Å². The molecular weight excluding hydrogens is 220 g/mol. The summed E-state index contributed by atoms with van der Waals surface area (Å²) in [4.78, 5) is 22.9. The second-order valence-corrected chi connectivity index (χ2v) is 5.05. The average Bonchev–Trinajstić information content (AvgIpc) is 2.86. The van der Waals surface area contributed by atoms with Crippen LogP contribution in [0.1, 0.15) is 32.6 Å². The first-order chi connectivity index (χ1) is 8.13. The zero-order valence-electron chi connectivity index (χ0n) is 10.1. The van der Waals surface area contributed by atoms with E-state index in [4.69, 9.17) is 5.11 Å². The predicted octanol–water partition coefficient (Wildman–Crippen LogP) is 0.354. The normalized spacial score (nSPS) is 33.1. The van der Waals surface area contributed by atoms with Crippen molar-refractivity contribution in [3.63, 3.8) is 0 Å². The minimum Gasteiger partial charge on any atom is -0.480 e. The summed E-state index contributed by atoms with van der Waals surface area (Å²) >= 11 is 0. The number of rotatable bonds is 4. The topological polar surface area (TPSA) is 78.4 Å². The van der Waals surface area contributed by atoms with Crippen LogP contribution >= 0.6 is 0 Å². The molecule has 0 bridgehead atoms. The maximum Gasteiger partial charge on any atom is 0.326 e. The molecule has 0 aromatic carbocycles. The van der Waals surface area contributed by atoms with Crippen molar-refractivity contribution < 1.29 is 14.7 Å². The molecule has 0 aromatic rings. The van der Waals surface area contributed by atoms with E-state index in [-0.39, 0.29) is 11.9 Å². The van der Waals surface area contributed by atoms with Crippen LogP contribution in [0.3, 0.4) is 0 Å². The molecule has 1 amide bonds. The van der Waals surface area contributed by atoms with Crippen LogP contribution in [0.4, 0.5) is 0 Å². The third-order valence-electron chi connectivity index (χ3n) is 4.05. The number of hydrogen-bond acceptors (Lipinski definition) is 3. The van der Waals surface area contributed by atoms with Crippen molar-refractivity contribution in [3.8, 4) is 0 Å². The molecule has 1 saturated carbocycles. The Balaban J connectivity index is 1.94. The van der Waals surface area contributed by atoms with Crippen molar-refractivity contribution in [3.05, 3.63) is 0 Å². The van der Waals surface area contributed by atoms with E-state index in [9.17, 15) is 9.59 Å². The van der Waals surface area contributed by atoms with Crippen LogP contribution in [0.5, 0.6) is 0 Å². The molecular formula is C12H20N2O3. The lowest BCUT2D eigenvalue weighted by Crippen LogP contribution is -2.49. The molecule has 0 radical (unpaired) electrons. The van der Waals surface area contributed by atoms with E-state index in [0.717, 1.165) is 13.0 Å². The Morgan fingerprint density at radius 3 is 2.88 bits per heavy atom. The SMILES string of the molecule is CC[C@@H](NC(=O)C1NCC2CCCC21)C(=O)O. The molecule has 1 aliphatic heterocycles. The summed E-state index contributed by atoms with van der Waals surface area (Å²) in [7, 11) is 0. The second-order valence-electron chi connectivity index (χ2n) is 5.05. The first kappa shape index (κ1) is 12.4. The maximum atomic E-state index is 12.0. The number of nitrogens with one attached hydrogen (secondary N) is 2. The molecule has 5 heteroatoms. The van der Waals surface area contributed by atoms with Crippen molar-refractivity contribution >= 4 is 11.9 Å². The van der Waals surface area contributed by atoms with Gasteiger partial charge in [-0.2, -0.15) is 0 Å². The summed E-state index contributed by atoms with van der Waals surface area (Å²) in [5.74, 6) is -0.0903. The van der Waals surface area contributed by atoms with Gasteiger partial charge in [0, 0.05) is 0 Å². The minimum absolute atomic E-state index is 0.145. The molecule has 3 unspecified atom stereocenters. The van der Waals surface area contributed by atoms with Gasteiger partial charge >= 0.3 is 5.97 Å². The van der Waals surface area contributed by atoms with Crippen molar-refractivity contribution in [2.45, 2.75) is 44.7 Å². The lowest BCUT2D eigenvalue weighted by molar-refractivity contribution is -0.142. The Bertz CT molecular complexity index is 319. The highest BCUT2D eigenvalue weighted by Gasteiger charge is 2.42. The lowest BCUT2D eigenvalue weighted by atomic mass is 9.93. The highest BCUT2D eigenvalue weighted by atomic mass is 16.4. The summed E-state index contributed by atoms with van der Waals surface area (Å²) < 4.78 is 0. The number of aliphatic carboxylic acids is 1. The fourth-order valence-electron chi connectivity index (χ4n) is 3.07. The Kier molecular flexibility index (Phi) is 3.66. The van der Waals surface area contributed by atoms with Crippen LogP contribution in [-0.2, 0) is 9.59 Å². The molecule has 96 valence electrons. The van der Waals surface area contributed by atoms with Gasteiger partial charge in [0.1, 0.15) is 6.04 Å². The monoisotopic (exact) mass is 240 g/mol. The van der Waals surface area contributed by atoms with E-state index in [2.05, 4.69) is 10.6 Å². The summed E-state index contributed by atoms with van der Waals surface area (Å²) in [5.41, 5.74) is 0. The number of carboxylic acids is 1. The third-order valence-corrected chi connectivity index (χ3v) is 4.05. The molecule has 3 N–H and O–H groups in total. The maximum absolute atomic E-state index is 12.0. The number of amides is 1. The number of carbonyl (C=O) groups is 2. The fraction of sp³-hybridized carbons (Fsp3) is 0.833. The Labute approximate surface area is 101 Å². The van der Waals surface area contributed by atoms with Crippen molar-refractivity contribution in [1.82, 2.24) is 10.6 Å². The van der Waals surface area contributed by atoms with Crippen molar-refractivity contribution in [2.75, 3.05) is 6.54 Å². The second kappa shape index (κ2) is 5.04.